The maximum absolute atomic E-state index is 12.2. The van der Waals surface area contributed by atoms with E-state index in [-0.39, 0.29) is 38.2 Å². The van der Waals surface area contributed by atoms with E-state index in [0.29, 0.717) is 0 Å². The Kier molecular flexibility index (Phi) is 11.1. The van der Waals surface area contributed by atoms with Crippen molar-refractivity contribution in [2.75, 3.05) is 13.2 Å². The van der Waals surface area contributed by atoms with Gasteiger partial charge in [0.05, 0.1) is 12.6 Å². The second kappa shape index (κ2) is 12.4. The number of aliphatic imine (C=N–C) groups is 1. The predicted molar refractivity (Wildman–Crippen MR) is 93.3 cm³/mol. The number of rotatable bonds is 13. The Bertz CT molecular complexity index is 564. The van der Waals surface area contributed by atoms with Crippen LogP contribution in [0.3, 0.4) is 0 Å². The Morgan fingerprint density at radius 2 is 1.56 bits per heavy atom. The number of hydrogen-bond acceptors (Lipinski definition) is 7. The number of nitrogens with zero attached hydrogens (tertiary/aromatic N) is 1. The molecule has 0 spiro atoms. The lowest BCUT2D eigenvalue weighted by Gasteiger charge is -2.22. The minimum atomic E-state index is -1.55. The number of aliphatic hydroxyl groups excluding tert-OH is 1. The largest absolute Gasteiger partial charge is 0.481 e. The molecule has 0 bridgehead atoms. The molecule has 0 aromatic heterocycles. The van der Waals surface area contributed by atoms with E-state index in [4.69, 9.17) is 32.5 Å². The van der Waals surface area contributed by atoms with E-state index in [2.05, 4.69) is 15.6 Å². The molecule has 0 aromatic rings. The van der Waals surface area contributed by atoms with Gasteiger partial charge in [0, 0.05) is 13.0 Å². The number of guanidine groups is 1. The second-order valence-corrected chi connectivity index (χ2v) is 5.63. The third kappa shape index (κ3) is 10.6. The van der Waals surface area contributed by atoms with Crippen molar-refractivity contribution in [1.82, 2.24) is 10.6 Å². The standard InChI is InChI=1S/C14H26N6O7/c15-7(3-4-10(22)23)11(24)19-8(2-1-5-18-14(16)17)12(25)20-9(6-21)13(26)27/h7-9,21H,1-6,15H2,(H,19,24)(H,20,25)(H,22,23)(H,26,27)(H4,16,17,18)/t7-,8-,9-/m0/s1. The van der Waals surface area contributed by atoms with Crippen LogP contribution in [0.1, 0.15) is 25.7 Å². The van der Waals surface area contributed by atoms with Gasteiger partial charge in [0.2, 0.25) is 11.8 Å². The highest BCUT2D eigenvalue weighted by atomic mass is 16.4. The highest BCUT2D eigenvalue weighted by molar-refractivity contribution is 5.91. The van der Waals surface area contributed by atoms with E-state index < -0.39 is 48.5 Å². The Morgan fingerprint density at radius 3 is 2.04 bits per heavy atom. The van der Waals surface area contributed by atoms with Gasteiger partial charge < -0.3 is 43.2 Å². The molecule has 11 N–H and O–H groups in total. The van der Waals surface area contributed by atoms with Crippen molar-refractivity contribution in [2.45, 2.75) is 43.8 Å². The molecule has 0 aliphatic rings. The number of carbonyl (C=O) groups excluding carboxylic acids is 2. The van der Waals surface area contributed by atoms with E-state index in [0.717, 1.165) is 0 Å². The van der Waals surface area contributed by atoms with E-state index in [1.54, 1.807) is 0 Å². The van der Waals surface area contributed by atoms with Crippen molar-refractivity contribution in [1.29, 1.82) is 0 Å². The van der Waals surface area contributed by atoms with Crippen LogP contribution >= 0.6 is 0 Å². The van der Waals surface area contributed by atoms with Gasteiger partial charge in [0.1, 0.15) is 12.1 Å². The van der Waals surface area contributed by atoms with Gasteiger partial charge in [0.25, 0.3) is 0 Å². The summed E-state index contributed by atoms with van der Waals surface area (Å²) in [6, 6.07) is -3.88. The van der Waals surface area contributed by atoms with E-state index in [1.165, 1.54) is 0 Å². The lowest BCUT2D eigenvalue weighted by molar-refractivity contribution is -0.143. The number of nitrogens with two attached hydrogens (primary N) is 3. The summed E-state index contributed by atoms with van der Waals surface area (Å²) >= 11 is 0. The van der Waals surface area contributed by atoms with E-state index in [1.807, 2.05) is 0 Å². The van der Waals surface area contributed by atoms with Gasteiger partial charge in [-0.3, -0.25) is 19.4 Å². The molecule has 0 aliphatic heterocycles. The molecule has 13 heteroatoms. The summed E-state index contributed by atoms with van der Waals surface area (Å²) in [6.45, 7) is -0.677. The fraction of sp³-hybridized carbons (Fsp3) is 0.643. The highest BCUT2D eigenvalue weighted by Gasteiger charge is 2.27. The molecule has 0 unspecified atom stereocenters. The maximum atomic E-state index is 12.2. The number of aliphatic hydroxyl groups is 1. The monoisotopic (exact) mass is 390 g/mol. The normalized spacial score (nSPS) is 13.7. The van der Waals surface area contributed by atoms with Crippen molar-refractivity contribution in [3.05, 3.63) is 0 Å². The Labute approximate surface area is 155 Å². The van der Waals surface area contributed by atoms with Gasteiger partial charge in [0.15, 0.2) is 5.96 Å². The molecule has 2 amide bonds. The zero-order valence-electron chi connectivity index (χ0n) is 14.6. The fourth-order valence-electron chi connectivity index (χ4n) is 1.92. The quantitative estimate of drug-likeness (QED) is 0.0867. The van der Waals surface area contributed by atoms with Crippen LogP contribution in [-0.2, 0) is 19.2 Å². The van der Waals surface area contributed by atoms with Gasteiger partial charge in [-0.25, -0.2) is 4.79 Å². The molecular formula is C14H26N6O7. The first-order valence-corrected chi connectivity index (χ1v) is 8.05. The molecule has 3 atom stereocenters. The van der Waals surface area contributed by atoms with Crippen molar-refractivity contribution in [3.63, 3.8) is 0 Å². The van der Waals surface area contributed by atoms with Gasteiger partial charge in [-0.05, 0) is 19.3 Å². The number of carboxylic acids is 2. The molecule has 0 saturated carbocycles. The van der Waals surface area contributed by atoms with Crippen LogP contribution in [0, 0.1) is 0 Å². The first-order valence-electron chi connectivity index (χ1n) is 8.05. The summed E-state index contributed by atoms with van der Waals surface area (Å²) in [6.07, 6.45) is -0.144. The Morgan fingerprint density at radius 1 is 0.963 bits per heavy atom. The van der Waals surface area contributed by atoms with E-state index >= 15 is 0 Å². The fourth-order valence-corrected chi connectivity index (χ4v) is 1.92. The second-order valence-electron chi connectivity index (χ2n) is 5.63. The van der Waals surface area contributed by atoms with Crippen LogP contribution in [0.25, 0.3) is 0 Å². The molecule has 0 rings (SSSR count). The van der Waals surface area contributed by atoms with Gasteiger partial charge in [-0.1, -0.05) is 0 Å². The van der Waals surface area contributed by atoms with Crippen LogP contribution in [0.5, 0.6) is 0 Å². The van der Waals surface area contributed by atoms with Crippen LogP contribution in [-0.4, -0.2) is 76.3 Å². The molecule has 0 saturated heterocycles. The molecule has 0 radical (unpaired) electrons. The number of nitrogens with one attached hydrogen (secondary N) is 2. The van der Waals surface area contributed by atoms with Crippen LogP contribution in [0.2, 0.25) is 0 Å². The van der Waals surface area contributed by atoms with Gasteiger partial charge in [-0.2, -0.15) is 0 Å². The summed E-state index contributed by atoms with van der Waals surface area (Å²) < 4.78 is 0. The molecule has 27 heavy (non-hydrogen) atoms. The first-order chi connectivity index (χ1) is 12.6. The summed E-state index contributed by atoms with van der Waals surface area (Å²) in [5.41, 5.74) is 16.0. The van der Waals surface area contributed by atoms with Crippen molar-refractivity contribution in [2.24, 2.45) is 22.2 Å². The Hall–Kier alpha value is -2.93. The first kappa shape index (κ1) is 24.1. The average Bonchev–Trinajstić information content (AvgIpc) is 2.58. The smallest absolute Gasteiger partial charge is 0.328 e. The highest BCUT2D eigenvalue weighted by Crippen LogP contribution is 2.02. The number of carboxylic acid groups (broad SMARTS) is 2. The molecule has 154 valence electrons. The lowest BCUT2D eigenvalue weighted by Crippen LogP contribution is -2.55. The third-order valence-corrected chi connectivity index (χ3v) is 3.38. The minimum absolute atomic E-state index is 0.0533. The number of carbonyl (C=O) groups is 4. The third-order valence-electron chi connectivity index (χ3n) is 3.38. The van der Waals surface area contributed by atoms with Crippen LogP contribution in [0.15, 0.2) is 4.99 Å². The molecule has 0 aromatic carbocycles. The number of aliphatic carboxylic acids is 2. The predicted octanol–water partition coefficient (Wildman–Crippen LogP) is -3.72. The molecule has 13 nitrogen and oxygen atoms in total. The SMILES string of the molecule is NC(N)=NCCC[C@H](NC(=O)[C@@H](N)CCC(=O)O)C(=O)N[C@@H](CO)C(=O)O. The van der Waals surface area contributed by atoms with Crippen LogP contribution in [0.4, 0.5) is 0 Å². The minimum Gasteiger partial charge on any atom is -0.481 e. The zero-order chi connectivity index (χ0) is 21.0. The zero-order valence-corrected chi connectivity index (χ0v) is 14.6. The number of amides is 2. The number of hydrogen-bond donors (Lipinski definition) is 8. The van der Waals surface area contributed by atoms with Crippen molar-refractivity contribution in [3.8, 4) is 0 Å². The average molecular weight is 390 g/mol. The van der Waals surface area contributed by atoms with Crippen LogP contribution < -0.4 is 27.8 Å². The summed E-state index contributed by atoms with van der Waals surface area (Å²) in [5.74, 6) is -4.34. The summed E-state index contributed by atoms with van der Waals surface area (Å²) in [7, 11) is 0. The van der Waals surface area contributed by atoms with E-state index in [9.17, 15) is 19.2 Å². The molecule has 0 aliphatic carbocycles. The Balaban J connectivity index is 4.97. The molecule has 0 heterocycles. The van der Waals surface area contributed by atoms with Crippen molar-refractivity contribution < 1.29 is 34.5 Å². The summed E-state index contributed by atoms with van der Waals surface area (Å²) in [5, 5.41) is 30.9. The summed E-state index contributed by atoms with van der Waals surface area (Å²) in [4.78, 5) is 49.5. The topological polar surface area (TPSA) is 243 Å². The molecule has 0 fully saturated rings. The lowest BCUT2D eigenvalue weighted by atomic mass is 10.1. The van der Waals surface area contributed by atoms with Crippen molar-refractivity contribution >= 4 is 29.7 Å². The maximum Gasteiger partial charge on any atom is 0.328 e. The van der Waals surface area contributed by atoms with Gasteiger partial charge in [-0.15, -0.1) is 0 Å². The van der Waals surface area contributed by atoms with Gasteiger partial charge >= 0.3 is 11.9 Å². The molecular weight excluding hydrogens is 364 g/mol.